The van der Waals surface area contributed by atoms with E-state index in [0.29, 0.717) is 23.2 Å². The molecule has 7 heteroatoms. The molecule has 0 saturated carbocycles. The van der Waals surface area contributed by atoms with Crippen LogP contribution in [0.5, 0.6) is 0 Å². The molecule has 0 aromatic carbocycles. The molecule has 2 aliphatic heterocycles. The predicted octanol–water partition coefficient (Wildman–Crippen LogP) is 0.830. The van der Waals surface area contributed by atoms with Gasteiger partial charge in [-0.2, -0.15) is 5.10 Å². The number of carbonyl (C=O) groups excluding carboxylic acids is 1. The fourth-order valence-corrected chi connectivity index (χ4v) is 3.90. The summed E-state index contributed by atoms with van der Waals surface area (Å²) < 4.78 is 7.13. The van der Waals surface area contributed by atoms with Gasteiger partial charge in [0.25, 0.3) is 5.91 Å². The highest BCUT2D eigenvalue weighted by Gasteiger charge is 2.38. The minimum Gasteiger partial charge on any atom is -0.379 e. The Morgan fingerprint density at radius 2 is 2.08 bits per heavy atom. The molecule has 2 aromatic rings. The maximum absolute atomic E-state index is 13.1. The molecule has 2 atom stereocenters. The number of hydrogen-bond donors (Lipinski definition) is 0. The van der Waals surface area contributed by atoms with E-state index >= 15 is 0 Å². The molecule has 1 amide bonds. The Morgan fingerprint density at radius 3 is 2.88 bits per heavy atom. The zero-order valence-corrected chi connectivity index (χ0v) is 14.2. The van der Waals surface area contributed by atoms with Crippen LogP contribution in [0.1, 0.15) is 23.0 Å². The minimum atomic E-state index is 0.0452. The Morgan fingerprint density at radius 1 is 1.29 bits per heavy atom. The average Bonchev–Trinajstić information content (AvgIpc) is 3.14. The zero-order valence-electron chi connectivity index (χ0n) is 14.2. The monoisotopic (exact) mass is 329 g/mol. The van der Waals surface area contributed by atoms with Crippen LogP contribution < -0.4 is 0 Å². The van der Waals surface area contributed by atoms with E-state index in [1.807, 2.05) is 24.1 Å². The number of ether oxygens (including phenoxy) is 1. The van der Waals surface area contributed by atoms with Crippen molar-refractivity contribution in [3.63, 3.8) is 0 Å². The van der Waals surface area contributed by atoms with Crippen molar-refractivity contribution in [1.29, 1.82) is 0 Å². The van der Waals surface area contributed by atoms with Gasteiger partial charge in [-0.25, -0.2) is 9.50 Å². The summed E-state index contributed by atoms with van der Waals surface area (Å²) >= 11 is 0. The summed E-state index contributed by atoms with van der Waals surface area (Å²) in [5.41, 5.74) is 2.01. The van der Waals surface area contributed by atoms with Gasteiger partial charge in [-0.1, -0.05) is 6.92 Å². The number of hydrogen-bond acceptors (Lipinski definition) is 5. The van der Waals surface area contributed by atoms with E-state index in [4.69, 9.17) is 4.74 Å². The zero-order chi connectivity index (χ0) is 16.7. The second-order valence-corrected chi connectivity index (χ2v) is 6.75. The van der Waals surface area contributed by atoms with E-state index in [0.717, 1.165) is 45.1 Å². The van der Waals surface area contributed by atoms with E-state index in [2.05, 4.69) is 21.9 Å². The molecular weight excluding hydrogens is 306 g/mol. The number of aryl methyl sites for hydroxylation is 1. The Hall–Kier alpha value is -1.99. The van der Waals surface area contributed by atoms with Gasteiger partial charge in [-0.05, 0) is 18.9 Å². The fraction of sp³-hybridized carbons (Fsp3) is 0.588. The van der Waals surface area contributed by atoms with Crippen molar-refractivity contribution >= 4 is 11.6 Å². The van der Waals surface area contributed by atoms with Crippen molar-refractivity contribution in [3.8, 4) is 0 Å². The van der Waals surface area contributed by atoms with Gasteiger partial charge in [0.15, 0.2) is 5.65 Å². The Kier molecular flexibility index (Phi) is 3.97. The van der Waals surface area contributed by atoms with Crippen LogP contribution in [0, 0.1) is 12.8 Å². The number of morpholine rings is 1. The number of rotatable bonds is 2. The maximum Gasteiger partial charge on any atom is 0.259 e. The average molecular weight is 329 g/mol. The first-order chi connectivity index (χ1) is 11.6. The third kappa shape index (κ3) is 2.57. The second kappa shape index (κ2) is 6.14. The lowest BCUT2D eigenvalue weighted by atomic mass is 10.0. The smallest absolute Gasteiger partial charge is 0.259 e. The highest BCUT2D eigenvalue weighted by Crippen LogP contribution is 2.25. The van der Waals surface area contributed by atoms with Crippen molar-refractivity contribution in [1.82, 2.24) is 24.4 Å². The Balaban J connectivity index is 1.57. The third-order valence-corrected chi connectivity index (χ3v) is 5.16. The highest BCUT2D eigenvalue weighted by molar-refractivity contribution is 6.01. The van der Waals surface area contributed by atoms with Crippen LogP contribution in [-0.2, 0) is 4.74 Å². The lowest BCUT2D eigenvalue weighted by molar-refractivity contribution is 0.0119. The molecule has 2 aliphatic rings. The van der Waals surface area contributed by atoms with Crippen LogP contribution in [0.2, 0.25) is 0 Å². The van der Waals surface area contributed by atoms with Gasteiger partial charge < -0.3 is 9.64 Å². The Bertz CT molecular complexity index is 753. The molecule has 0 aliphatic carbocycles. The number of nitrogens with zero attached hydrogens (tertiary/aromatic N) is 5. The van der Waals surface area contributed by atoms with Crippen molar-refractivity contribution in [2.75, 3.05) is 39.4 Å². The molecule has 2 aromatic heterocycles. The summed E-state index contributed by atoms with van der Waals surface area (Å²) in [6.07, 6.45) is 3.53. The highest BCUT2D eigenvalue weighted by atomic mass is 16.5. The molecule has 0 bridgehead atoms. The van der Waals surface area contributed by atoms with Crippen LogP contribution in [0.3, 0.4) is 0 Å². The molecule has 4 heterocycles. The first kappa shape index (κ1) is 15.5. The van der Waals surface area contributed by atoms with Crippen LogP contribution in [0.25, 0.3) is 5.65 Å². The molecule has 128 valence electrons. The number of likely N-dealkylation sites (tertiary alicyclic amines) is 1. The van der Waals surface area contributed by atoms with Crippen molar-refractivity contribution in [3.05, 3.63) is 29.7 Å². The van der Waals surface area contributed by atoms with Gasteiger partial charge in [-0.3, -0.25) is 9.69 Å². The topological polar surface area (TPSA) is 63.0 Å². The van der Waals surface area contributed by atoms with Crippen LogP contribution >= 0.6 is 0 Å². The van der Waals surface area contributed by atoms with Gasteiger partial charge in [0.1, 0.15) is 5.56 Å². The van der Waals surface area contributed by atoms with Gasteiger partial charge in [0.05, 0.1) is 18.9 Å². The largest absolute Gasteiger partial charge is 0.379 e. The summed E-state index contributed by atoms with van der Waals surface area (Å²) in [5, 5.41) is 4.41. The first-order valence-electron chi connectivity index (χ1n) is 8.56. The third-order valence-electron chi connectivity index (χ3n) is 5.16. The van der Waals surface area contributed by atoms with Crippen LogP contribution in [0.4, 0.5) is 0 Å². The summed E-state index contributed by atoms with van der Waals surface area (Å²) in [5.74, 6) is 0.506. The Labute approximate surface area is 141 Å². The van der Waals surface area contributed by atoms with Crippen LogP contribution in [-0.4, -0.2) is 75.7 Å². The van der Waals surface area contributed by atoms with Crippen molar-refractivity contribution < 1.29 is 9.53 Å². The van der Waals surface area contributed by atoms with E-state index < -0.39 is 0 Å². The van der Waals surface area contributed by atoms with E-state index in [1.54, 1.807) is 10.7 Å². The normalized spacial score (nSPS) is 25.5. The summed E-state index contributed by atoms with van der Waals surface area (Å²) in [6.45, 7) is 9.13. The molecule has 24 heavy (non-hydrogen) atoms. The van der Waals surface area contributed by atoms with Crippen molar-refractivity contribution in [2.24, 2.45) is 5.92 Å². The number of amides is 1. The molecule has 0 radical (unpaired) electrons. The number of carbonyl (C=O) groups is 1. The van der Waals surface area contributed by atoms with Gasteiger partial charge >= 0.3 is 0 Å². The standard InChI is InChI=1S/C17H23N5O2/c1-12-10-21(11-14(12)20-6-8-24-9-7-20)17(23)15-13(2)19-22-5-3-4-18-16(15)22/h3-5,12,14H,6-11H2,1-2H3. The van der Waals surface area contributed by atoms with Gasteiger partial charge in [0, 0.05) is 44.6 Å². The fourth-order valence-electron chi connectivity index (χ4n) is 3.90. The molecule has 0 N–H and O–H groups in total. The van der Waals surface area contributed by atoms with E-state index in [9.17, 15) is 4.79 Å². The number of fused-ring (bicyclic) bond motifs is 1. The predicted molar refractivity (Wildman–Crippen MR) is 89.0 cm³/mol. The molecule has 2 unspecified atom stereocenters. The number of aromatic nitrogens is 3. The molecule has 2 saturated heterocycles. The SMILES string of the molecule is Cc1nn2cccnc2c1C(=O)N1CC(C)C(N2CCOCC2)C1. The molecule has 7 nitrogen and oxygen atoms in total. The minimum absolute atomic E-state index is 0.0452. The van der Waals surface area contributed by atoms with E-state index in [-0.39, 0.29) is 5.91 Å². The molecule has 2 fully saturated rings. The van der Waals surface area contributed by atoms with Gasteiger partial charge in [0.2, 0.25) is 0 Å². The molecule has 4 rings (SSSR count). The lowest BCUT2D eigenvalue weighted by Crippen LogP contribution is -2.47. The van der Waals surface area contributed by atoms with E-state index in [1.165, 1.54) is 0 Å². The quantitative estimate of drug-likeness (QED) is 0.817. The maximum atomic E-state index is 13.1. The first-order valence-corrected chi connectivity index (χ1v) is 8.56. The molecular formula is C17H23N5O2. The molecule has 0 spiro atoms. The van der Waals surface area contributed by atoms with Gasteiger partial charge in [-0.15, -0.1) is 0 Å². The van der Waals surface area contributed by atoms with Crippen molar-refractivity contribution in [2.45, 2.75) is 19.9 Å². The van der Waals surface area contributed by atoms with Crippen LogP contribution in [0.15, 0.2) is 18.5 Å². The summed E-state index contributed by atoms with van der Waals surface area (Å²) in [6, 6.07) is 2.23. The summed E-state index contributed by atoms with van der Waals surface area (Å²) in [4.78, 5) is 21.9. The second-order valence-electron chi connectivity index (χ2n) is 6.75. The summed E-state index contributed by atoms with van der Waals surface area (Å²) in [7, 11) is 0. The lowest BCUT2D eigenvalue weighted by Gasteiger charge is -2.33.